The molecule has 0 amide bonds. The fraction of sp³-hybridized carbons (Fsp3) is 0.400. The summed E-state index contributed by atoms with van der Waals surface area (Å²) in [5, 5.41) is 10.8. The van der Waals surface area contributed by atoms with Crippen molar-refractivity contribution in [1.29, 1.82) is 0 Å². The number of rotatable bonds is 5. The first-order valence-electron chi connectivity index (χ1n) is 4.58. The van der Waals surface area contributed by atoms with Crippen LogP contribution in [0.3, 0.4) is 0 Å². The van der Waals surface area contributed by atoms with Crippen LogP contribution >= 0.6 is 15.9 Å². The van der Waals surface area contributed by atoms with Crippen molar-refractivity contribution in [3.63, 3.8) is 0 Å². The molecule has 6 heteroatoms. The number of hydrogen-bond acceptors (Lipinski definition) is 2. The van der Waals surface area contributed by atoms with Crippen LogP contribution in [0.25, 0.3) is 0 Å². The predicted molar refractivity (Wildman–Crippen MR) is 57.8 cm³/mol. The molecule has 2 nitrogen and oxygen atoms in total. The van der Waals surface area contributed by atoms with Crippen molar-refractivity contribution >= 4 is 15.9 Å². The number of nitrogens with one attached hydrogen (secondary N) is 1. The summed E-state index contributed by atoms with van der Waals surface area (Å²) in [7, 11) is 0. The average molecular weight is 298 g/mol. The molecule has 90 valence electrons. The van der Waals surface area contributed by atoms with E-state index in [4.69, 9.17) is 5.11 Å². The van der Waals surface area contributed by atoms with E-state index in [1.165, 1.54) is 12.1 Å². The number of hydrogen-bond donors (Lipinski definition) is 2. The van der Waals surface area contributed by atoms with E-state index in [2.05, 4.69) is 21.2 Å². The van der Waals surface area contributed by atoms with Crippen LogP contribution in [-0.2, 0) is 6.54 Å². The first-order valence-corrected chi connectivity index (χ1v) is 5.37. The van der Waals surface area contributed by atoms with Gasteiger partial charge in [-0.3, -0.25) is 0 Å². The summed E-state index contributed by atoms with van der Waals surface area (Å²) >= 11 is 2.99. The Hall–Kier alpha value is -0.590. The summed E-state index contributed by atoms with van der Waals surface area (Å²) in [4.78, 5) is 0. The van der Waals surface area contributed by atoms with Crippen LogP contribution in [-0.4, -0.2) is 24.2 Å². The minimum atomic E-state index is -3.14. The van der Waals surface area contributed by atoms with Gasteiger partial charge in [-0.15, -0.1) is 0 Å². The molecular formula is C10H11BrF3NO. The minimum Gasteiger partial charge on any atom is -0.390 e. The summed E-state index contributed by atoms with van der Waals surface area (Å²) in [6.07, 6.45) is 0. The lowest BCUT2D eigenvalue weighted by molar-refractivity contribution is -0.0477. The Morgan fingerprint density at radius 3 is 2.62 bits per heavy atom. The van der Waals surface area contributed by atoms with Gasteiger partial charge in [-0.2, -0.15) is 0 Å². The molecular weight excluding hydrogens is 287 g/mol. The molecule has 0 unspecified atom stereocenters. The summed E-state index contributed by atoms with van der Waals surface area (Å²) in [5.41, 5.74) is 0.564. The Labute approximate surface area is 99.6 Å². The van der Waals surface area contributed by atoms with E-state index in [0.717, 1.165) is 0 Å². The normalized spacial score (nSPS) is 11.8. The molecule has 0 aromatic heterocycles. The Morgan fingerprint density at radius 1 is 1.38 bits per heavy atom. The fourth-order valence-electron chi connectivity index (χ4n) is 1.10. The second kappa shape index (κ2) is 5.65. The first kappa shape index (κ1) is 13.5. The smallest absolute Gasteiger partial charge is 0.282 e. The lowest BCUT2D eigenvalue weighted by Crippen LogP contribution is -2.35. The second-order valence-corrected chi connectivity index (χ2v) is 4.22. The highest BCUT2D eigenvalue weighted by atomic mass is 79.9. The van der Waals surface area contributed by atoms with Gasteiger partial charge in [0.2, 0.25) is 0 Å². The molecule has 0 spiro atoms. The highest BCUT2D eigenvalue weighted by Gasteiger charge is 2.26. The third-order valence-electron chi connectivity index (χ3n) is 1.93. The Balaban J connectivity index is 2.46. The van der Waals surface area contributed by atoms with Crippen molar-refractivity contribution in [3.05, 3.63) is 34.1 Å². The number of benzene rings is 1. The van der Waals surface area contributed by atoms with Crippen LogP contribution in [0.1, 0.15) is 5.56 Å². The maximum absolute atomic E-state index is 13.0. The molecule has 0 fully saturated rings. The van der Waals surface area contributed by atoms with Crippen molar-refractivity contribution in [2.75, 3.05) is 13.2 Å². The van der Waals surface area contributed by atoms with Gasteiger partial charge in [0.05, 0.1) is 11.0 Å². The highest BCUT2D eigenvalue weighted by Crippen LogP contribution is 2.16. The Kier molecular flexibility index (Phi) is 4.76. The maximum Gasteiger partial charge on any atom is 0.282 e. The van der Waals surface area contributed by atoms with Gasteiger partial charge in [0.15, 0.2) is 0 Å². The monoisotopic (exact) mass is 297 g/mol. The molecule has 0 radical (unpaired) electrons. The van der Waals surface area contributed by atoms with Gasteiger partial charge >= 0.3 is 0 Å². The summed E-state index contributed by atoms with van der Waals surface area (Å²) in [5.74, 6) is -3.58. The molecule has 0 aliphatic rings. The van der Waals surface area contributed by atoms with E-state index >= 15 is 0 Å². The first-order chi connectivity index (χ1) is 7.44. The topological polar surface area (TPSA) is 32.3 Å². The molecule has 0 saturated heterocycles. The van der Waals surface area contributed by atoms with Gasteiger partial charge in [-0.05, 0) is 33.6 Å². The lowest BCUT2D eigenvalue weighted by atomic mass is 10.2. The molecule has 2 N–H and O–H groups in total. The van der Waals surface area contributed by atoms with Crippen molar-refractivity contribution in [2.24, 2.45) is 0 Å². The third-order valence-corrected chi connectivity index (χ3v) is 2.57. The summed E-state index contributed by atoms with van der Waals surface area (Å²) in [6, 6.07) is 4.39. The number of aliphatic hydroxyl groups excluding tert-OH is 1. The molecule has 0 aliphatic heterocycles. The molecule has 1 rings (SSSR count). The third kappa shape index (κ3) is 4.11. The van der Waals surface area contributed by atoms with Gasteiger partial charge in [0, 0.05) is 6.54 Å². The van der Waals surface area contributed by atoms with E-state index in [1.807, 2.05) is 0 Å². The Bertz CT molecular complexity index is 360. The lowest BCUT2D eigenvalue weighted by Gasteiger charge is -2.13. The van der Waals surface area contributed by atoms with Crippen LogP contribution in [0.4, 0.5) is 13.2 Å². The van der Waals surface area contributed by atoms with Crippen LogP contribution < -0.4 is 5.32 Å². The summed E-state index contributed by atoms with van der Waals surface area (Å²) in [6.45, 7) is -1.71. The Morgan fingerprint density at radius 2 is 2.06 bits per heavy atom. The highest BCUT2D eigenvalue weighted by molar-refractivity contribution is 9.10. The van der Waals surface area contributed by atoms with Crippen LogP contribution in [0, 0.1) is 5.82 Å². The fourth-order valence-corrected chi connectivity index (χ4v) is 1.34. The molecule has 1 aromatic carbocycles. The van der Waals surface area contributed by atoms with E-state index in [-0.39, 0.29) is 6.54 Å². The molecule has 0 bridgehead atoms. The van der Waals surface area contributed by atoms with Crippen molar-refractivity contribution < 1.29 is 18.3 Å². The summed E-state index contributed by atoms with van der Waals surface area (Å²) < 4.78 is 38.6. The van der Waals surface area contributed by atoms with Crippen LogP contribution in [0.15, 0.2) is 22.7 Å². The van der Waals surface area contributed by atoms with Gasteiger partial charge < -0.3 is 10.4 Å². The zero-order chi connectivity index (χ0) is 12.2. The molecule has 16 heavy (non-hydrogen) atoms. The standard InChI is InChI=1S/C10H11BrF3NO/c11-8-2-1-7(3-9(8)12)4-15-5-10(13,14)6-16/h1-3,15-16H,4-6H2. The van der Waals surface area contributed by atoms with E-state index in [1.54, 1.807) is 6.07 Å². The molecule has 1 aromatic rings. The predicted octanol–water partition coefficient (Wildman–Crippen LogP) is 2.31. The van der Waals surface area contributed by atoms with Crippen LogP contribution in [0.2, 0.25) is 0 Å². The molecule has 0 atom stereocenters. The molecule has 0 heterocycles. The van der Waals surface area contributed by atoms with E-state index in [9.17, 15) is 13.2 Å². The largest absolute Gasteiger partial charge is 0.390 e. The van der Waals surface area contributed by atoms with Gasteiger partial charge in [-0.25, -0.2) is 13.2 Å². The van der Waals surface area contributed by atoms with Crippen molar-refractivity contribution in [3.8, 4) is 0 Å². The minimum absolute atomic E-state index is 0.125. The zero-order valence-corrected chi connectivity index (χ0v) is 9.90. The number of alkyl halides is 2. The SMILES string of the molecule is OCC(F)(F)CNCc1ccc(Br)c(F)c1. The maximum atomic E-state index is 13.0. The van der Waals surface area contributed by atoms with Crippen LogP contribution in [0.5, 0.6) is 0 Å². The van der Waals surface area contributed by atoms with Crippen molar-refractivity contribution in [2.45, 2.75) is 12.5 Å². The second-order valence-electron chi connectivity index (χ2n) is 3.37. The molecule has 0 saturated carbocycles. The van der Waals surface area contributed by atoms with Gasteiger partial charge in [0.25, 0.3) is 5.92 Å². The van der Waals surface area contributed by atoms with Gasteiger partial charge in [0.1, 0.15) is 12.4 Å². The zero-order valence-electron chi connectivity index (χ0n) is 8.31. The van der Waals surface area contributed by atoms with E-state index in [0.29, 0.717) is 10.0 Å². The number of halogens is 4. The average Bonchev–Trinajstić information content (AvgIpc) is 2.23. The van der Waals surface area contributed by atoms with Gasteiger partial charge in [-0.1, -0.05) is 6.07 Å². The van der Waals surface area contributed by atoms with E-state index < -0.39 is 24.9 Å². The number of aliphatic hydroxyl groups is 1. The van der Waals surface area contributed by atoms with Crippen molar-refractivity contribution in [1.82, 2.24) is 5.32 Å². The quantitative estimate of drug-likeness (QED) is 0.874. The molecule has 0 aliphatic carbocycles.